The van der Waals surface area contributed by atoms with Crippen LogP contribution in [0.5, 0.6) is 11.5 Å². The molecule has 0 radical (unpaired) electrons. The van der Waals surface area contributed by atoms with E-state index in [0.29, 0.717) is 18.1 Å². The van der Waals surface area contributed by atoms with Gasteiger partial charge in [-0.15, -0.1) is 0 Å². The average molecular weight is 288 g/mol. The zero-order chi connectivity index (χ0) is 12.0. The summed E-state index contributed by atoms with van der Waals surface area (Å²) in [5.74, 6) is 0.908. The molecule has 0 aromatic heterocycles. The molecule has 0 aliphatic rings. The molecule has 1 aromatic rings. The van der Waals surface area contributed by atoms with Gasteiger partial charge >= 0.3 is 0 Å². The van der Waals surface area contributed by atoms with Crippen molar-refractivity contribution in [3.05, 3.63) is 23.8 Å². The number of hydrogen-bond acceptors (Lipinski definition) is 3. The highest BCUT2D eigenvalue weighted by atomic mass is 79.9. The normalized spacial score (nSPS) is 9.88. The van der Waals surface area contributed by atoms with Crippen molar-refractivity contribution >= 4 is 21.8 Å². The minimum Gasteiger partial charge on any atom is -0.493 e. The number of hydrogen-bond donors (Lipinski definition) is 1. The summed E-state index contributed by atoms with van der Waals surface area (Å²) in [6, 6.07) is 5.34. The molecule has 0 spiro atoms. The Morgan fingerprint density at radius 3 is 2.75 bits per heavy atom. The minimum atomic E-state index is -0.365. The van der Waals surface area contributed by atoms with Crippen LogP contribution >= 0.6 is 15.9 Å². The van der Waals surface area contributed by atoms with E-state index in [1.807, 2.05) is 0 Å². The van der Waals surface area contributed by atoms with Gasteiger partial charge in [-0.2, -0.15) is 0 Å². The van der Waals surface area contributed by atoms with E-state index in [0.717, 1.165) is 10.9 Å². The summed E-state index contributed by atoms with van der Waals surface area (Å²) < 4.78 is 10.6. The second-order valence-electron chi connectivity index (χ2n) is 3.17. The maximum atomic E-state index is 10.8. The van der Waals surface area contributed by atoms with E-state index >= 15 is 0 Å². The van der Waals surface area contributed by atoms with Crippen LogP contribution in [0.25, 0.3) is 0 Å². The lowest BCUT2D eigenvalue weighted by Crippen LogP contribution is -2.13. The van der Waals surface area contributed by atoms with Crippen molar-refractivity contribution in [2.45, 2.75) is 6.42 Å². The number of carbonyl (C=O) groups is 1. The summed E-state index contributed by atoms with van der Waals surface area (Å²) in [5.41, 5.74) is 5.93. The number of ether oxygens (including phenoxy) is 2. The smallest absolute Gasteiger partial charge is 0.221 e. The Balaban J connectivity index is 2.83. The van der Waals surface area contributed by atoms with Crippen LogP contribution in [-0.4, -0.2) is 25.0 Å². The van der Waals surface area contributed by atoms with Crippen LogP contribution in [0, 0.1) is 0 Å². The van der Waals surface area contributed by atoms with Gasteiger partial charge in [0.15, 0.2) is 11.5 Å². The van der Waals surface area contributed by atoms with Gasteiger partial charge in [0.25, 0.3) is 0 Å². The van der Waals surface area contributed by atoms with E-state index in [1.165, 1.54) is 0 Å². The van der Waals surface area contributed by atoms with Crippen molar-refractivity contribution in [2.75, 3.05) is 19.0 Å². The molecule has 5 heteroatoms. The molecule has 0 aliphatic carbocycles. The third-order valence-electron chi connectivity index (χ3n) is 1.94. The molecule has 1 aromatic carbocycles. The van der Waals surface area contributed by atoms with E-state index in [2.05, 4.69) is 15.9 Å². The third-order valence-corrected chi connectivity index (χ3v) is 2.26. The molecule has 0 heterocycles. The van der Waals surface area contributed by atoms with Gasteiger partial charge in [-0.1, -0.05) is 22.0 Å². The van der Waals surface area contributed by atoms with Crippen molar-refractivity contribution in [3.63, 3.8) is 0 Å². The minimum absolute atomic E-state index is 0.203. The first-order chi connectivity index (χ1) is 7.67. The lowest BCUT2D eigenvalue weighted by Gasteiger charge is -2.10. The van der Waals surface area contributed by atoms with Crippen LogP contribution in [0.4, 0.5) is 0 Å². The topological polar surface area (TPSA) is 61.5 Å². The van der Waals surface area contributed by atoms with Gasteiger partial charge in [0, 0.05) is 5.33 Å². The first-order valence-electron chi connectivity index (χ1n) is 4.81. The fourth-order valence-corrected chi connectivity index (χ4v) is 1.45. The molecule has 16 heavy (non-hydrogen) atoms. The Kier molecular flexibility index (Phi) is 5.11. The second kappa shape index (κ2) is 6.37. The third kappa shape index (κ3) is 3.73. The van der Waals surface area contributed by atoms with Gasteiger partial charge < -0.3 is 15.2 Å². The lowest BCUT2D eigenvalue weighted by molar-refractivity contribution is -0.117. The molecule has 0 bridgehead atoms. The molecule has 1 rings (SSSR count). The molecule has 2 N–H and O–H groups in total. The zero-order valence-corrected chi connectivity index (χ0v) is 10.6. The molecule has 0 saturated heterocycles. The average Bonchev–Trinajstić information content (AvgIpc) is 2.26. The number of rotatable bonds is 6. The van der Waals surface area contributed by atoms with Crippen molar-refractivity contribution < 1.29 is 14.3 Å². The summed E-state index contributed by atoms with van der Waals surface area (Å²) in [4.78, 5) is 10.8. The highest BCUT2D eigenvalue weighted by Gasteiger charge is 2.07. The van der Waals surface area contributed by atoms with Gasteiger partial charge in [0.1, 0.15) is 0 Å². The van der Waals surface area contributed by atoms with Crippen LogP contribution in [0.3, 0.4) is 0 Å². The quantitative estimate of drug-likeness (QED) is 0.807. The van der Waals surface area contributed by atoms with Crippen LogP contribution in [-0.2, 0) is 11.2 Å². The van der Waals surface area contributed by atoms with Crippen LogP contribution in [0.15, 0.2) is 18.2 Å². The molecular weight excluding hydrogens is 274 g/mol. The maximum Gasteiger partial charge on any atom is 0.221 e. The first-order valence-corrected chi connectivity index (χ1v) is 5.93. The van der Waals surface area contributed by atoms with Crippen molar-refractivity contribution in [2.24, 2.45) is 5.73 Å². The van der Waals surface area contributed by atoms with Gasteiger partial charge in [0.2, 0.25) is 5.91 Å². The molecular formula is C11H14BrNO3. The number of carbonyl (C=O) groups excluding carboxylic acids is 1. The molecule has 1 amide bonds. The monoisotopic (exact) mass is 287 g/mol. The summed E-state index contributed by atoms with van der Waals surface area (Å²) in [6.07, 6.45) is 0.203. The van der Waals surface area contributed by atoms with E-state index in [4.69, 9.17) is 15.2 Å². The van der Waals surface area contributed by atoms with Gasteiger partial charge in [-0.3, -0.25) is 4.79 Å². The molecule has 0 fully saturated rings. The van der Waals surface area contributed by atoms with Crippen LogP contribution < -0.4 is 15.2 Å². The summed E-state index contributed by atoms with van der Waals surface area (Å²) in [5, 5.41) is 0.749. The van der Waals surface area contributed by atoms with E-state index in [-0.39, 0.29) is 12.3 Å². The Hall–Kier alpha value is -1.23. The summed E-state index contributed by atoms with van der Waals surface area (Å²) in [6.45, 7) is 0.561. The number of primary amides is 1. The van der Waals surface area contributed by atoms with Gasteiger partial charge in [0.05, 0.1) is 20.1 Å². The van der Waals surface area contributed by atoms with Crippen molar-refractivity contribution in [1.82, 2.24) is 0 Å². The zero-order valence-electron chi connectivity index (χ0n) is 9.03. The Bertz CT molecular complexity index is 368. The predicted molar refractivity (Wildman–Crippen MR) is 65.2 cm³/mol. The van der Waals surface area contributed by atoms with Crippen molar-refractivity contribution in [3.8, 4) is 11.5 Å². The fraction of sp³-hybridized carbons (Fsp3) is 0.364. The molecule has 0 atom stereocenters. The van der Waals surface area contributed by atoms with E-state index in [1.54, 1.807) is 25.3 Å². The predicted octanol–water partition coefficient (Wildman–Crippen LogP) is 1.50. The number of halogens is 1. The highest BCUT2D eigenvalue weighted by molar-refractivity contribution is 9.09. The number of alkyl halides is 1. The largest absolute Gasteiger partial charge is 0.493 e. The second-order valence-corrected chi connectivity index (χ2v) is 3.96. The summed E-state index contributed by atoms with van der Waals surface area (Å²) in [7, 11) is 1.56. The van der Waals surface area contributed by atoms with E-state index in [9.17, 15) is 4.79 Å². The Labute approximate surface area is 103 Å². The standard InChI is InChI=1S/C11H14BrNO3/c1-15-10-6-8(7-11(13)14)2-3-9(10)16-5-4-12/h2-3,6H,4-5,7H2,1H3,(H2,13,14). The molecule has 0 saturated carbocycles. The lowest BCUT2D eigenvalue weighted by atomic mass is 10.1. The number of nitrogens with two attached hydrogens (primary N) is 1. The van der Waals surface area contributed by atoms with Gasteiger partial charge in [-0.25, -0.2) is 0 Å². The van der Waals surface area contributed by atoms with Crippen LogP contribution in [0.2, 0.25) is 0 Å². The molecule has 0 unspecified atom stereocenters. The number of benzene rings is 1. The van der Waals surface area contributed by atoms with E-state index < -0.39 is 0 Å². The molecule has 88 valence electrons. The SMILES string of the molecule is COc1cc(CC(N)=O)ccc1OCCBr. The number of amides is 1. The summed E-state index contributed by atoms with van der Waals surface area (Å²) >= 11 is 3.27. The van der Waals surface area contributed by atoms with Crippen molar-refractivity contribution in [1.29, 1.82) is 0 Å². The molecule has 0 aliphatic heterocycles. The Morgan fingerprint density at radius 1 is 1.44 bits per heavy atom. The maximum absolute atomic E-state index is 10.8. The van der Waals surface area contributed by atoms with Gasteiger partial charge in [-0.05, 0) is 17.7 Å². The first kappa shape index (κ1) is 12.8. The highest BCUT2D eigenvalue weighted by Crippen LogP contribution is 2.28. The fourth-order valence-electron chi connectivity index (χ4n) is 1.29. The number of methoxy groups -OCH3 is 1. The van der Waals surface area contributed by atoms with Crippen LogP contribution in [0.1, 0.15) is 5.56 Å². The molecule has 4 nitrogen and oxygen atoms in total. The Morgan fingerprint density at radius 2 is 2.19 bits per heavy atom.